The van der Waals surface area contributed by atoms with E-state index in [-0.39, 0.29) is 11.5 Å². The van der Waals surface area contributed by atoms with Crippen molar-refractivity contribution in [3.63, 3.8) is 0 Å². The number of aromatic nitrogens is 3. The summed E-state index contributed by atoms with van der Waals surface area (Å²) < 4.78 is 0.750. The summed E-state index contributed by atoms with van der Waals surface area (Å²) in [5.41, 5.74) is -0.843. The molecule has 0 radical (unpaired) electrons. The molecule has 2 aromatic heterocycles. The number of carbonyl (C=O) groups is 2. The molecule has 2 rings (SSSR count). The Morgan fingerprint density at radius 3 is 2.37 bits per heavy atom. The number of carboxylic acids is 1. The third-order valence-corrected chi connectivity index (χ3v) is 2.54. The lowest BCUT2D eigenvalue weighted by Gasteiger charge is -2.08. The van der Waals surface area contributed by atoms with E-state index in [2.05, 4.69) is 36.2 Å². The van der Waals surface area contributed by atoms with Crippen LogP contribution in [-0.2, 0) is 0 Å². The normalized spacial score (nSPS) is 9.95. The molecule has 0 aliphatic rings. The summed E-state index contributed by atoms with van der Waals surface area (Å²) in [5, 5.41) is 13.2. The highest BCUT2D eigenvalue weighted by molar-refractivity contribution is 9.10. The van der Waals surface area contributed by atoms with Crippen molar-refractivity contribution in [2.45, 2.75) is 0 Å². The Hall–Kier alpha value is -2.35. The highest BCUT2D eigenvalue weighted by atomic mass is 79.9. The van der Waals surface area contributed by atoms with Gasteiger partial charge in [-0.3, -0.25) is 9.78 Å². The number of hydrogen-bond donors (Lipinski definition) is 1. The number of rotatable bonds is 3. The molecule has 1 N–H and O–H groups in total. The van der Waals surface area contributed by atoms with Gasteiger partial charge in [0.2, 0.25) is 0 Å². The maximum atomic E-state index is 11.9. The summed E-state index contributed by atoms with van der Waals surface area (Å²) in [4.78, 5) is 33.8. The number of hydrogen-bond acceptors (Lipinski definition) is 6. The van der Waals surface area contributed by atoms with Crippen LogP contribution in [-0.4, -0.2) is 26.8 Å². The molecule has 0 aromatic carbocycles. The fourth-order valence-corrected chi connectivity index (χ4v) is 1.51. The van der Waals surface area contributed by atoms with Gasteiger partial charge in [-0.05, 0) is 28.1 Å². The Balaban J connectivity index is 2.25. The number of anilines is 1. The number of nitrogens with one attached hydrogen (secondary N) is 1. The van der Waals surface area contributed by atoms with Crippen LogP contribution in [0.4, 0.5) is 5.82 Å². The summed E-state index contributed by atoms with van der Waals surface area (Å²) >= 11 is 3.20. The molecule has 0 saturated carbocycles. The number of carboxylic acid groups (broad SMARTS) is 1. The van der Waals surface area contributed by atoms with Crippen molar-refractivity contribution in [1.29, 1.82) is 0 Å². The average Bonchev–Trinajstić information content (AvgIpc) is 2.41. The van der Waals surface area contributed by atoms with Crippen molar-refractivity contribution in [1.82, 2.24) is 15.0 Å². The van der Waals surface area contributed by atoms with Gasteiger partial charge < -0.3 is 15.2 Å². The van der Waals surface area contributed by atoms with Crippen LogP contribution in [0.2, 0.25) is 0 Å². The maximum Gasteiger partial charge on any atom is 0.277 e. The van der Waals surface area contributed by atoms with Crippen molar-refractivity contribution in [3.8, 4) is 0 Å². The van der Waals surface area contributed by atoms with Gasteiger partial charge in [0.15, 0.2) is 5.69 Å². The number of carbonyl (C=O) groups excluding carboxylic acids is 2. The molecule has 8 heteroatoms. The Morgan fingerprint density at radius 2 is 1.79 bits per heavy atom. The zero-order valence-corrected chi connectivity index (χ0v) is 10.9. The average molecular weight is 322 g/mol. The highest BCUT2D eigenvalue weighted by Crippen LogP contribution is 2.11. The number of aromatic carboxylic acids is 1. The first kappa shape index (κ1) is 13.1. The Bertz CT molecular complexity index is 630. The largest absolute Gasteiger partial charge is 0.543 e. The number of amides is 1. The van der Waals surface area contributed by atoms with Crippen LogP contribution in [0.25, 0.3) is 0 Å². The minimum absolute atomic E-state index is 0.267. The lowest BCUT2D eigenvalue weighted by atomic mass is 10.3. The Labute approximate surface area is 115 Å². The van der Waals surface area contributed by atoms with E-state index in [9.17, 15) is 14.7 Å². The van der Waals surface area contributed by atoms with Crippen LogP contribution in [0, 0.1) is 0 Å². The molecule has 0 aliphatic heterocycles. The molecule has 96 valence electrons. The number of nitrogens with zero attached hydrogens (tertiary/aromatic N) is 3. The van der Waals surface area contributed by atoms with E-state index in [1.165, 1.54) is 18.6 Å². The van der Waals surface area contributed by atoms with Crippen molar-refractivity contribution in [2.75, 3.05) is 5.32 Å². The molecule has 0 unspecified atom stereocenters. The van der Waals surface area contributed by atoms with Crippen LogP contribution in [0.5, 0.6) is 0 Å². The Morgan fingerprint density at radius 1 is 1.11 bits per heavy atom. The van der Waals surface area contributed by atoms with E-state index in [4.69, 9.17) is 0 Å². The molecule has 0 fully saturated rings. The lowest BCUT2D eigenvalue weighted by molar-refractivity contribution is -0.255. The van der Waals surface area contributed by atoms with Crippen LogP contribution in [0.15, 0.2) is 35.2 Å². The smallest absolute Gasteiger partial charge is 0.277 e. The maximum absolute atomic E-state index is 11.9. The van der Waals surface area contributed by atoms with Gasteiger partial charge in [-0.2, -0.15) is 0 Å². The number of pyridine rings is 1. The quantitative estimate of drug-likeness (QED) is 0.868. The van der Waals surface area contributed by atoms with Crippen molar-refractivity contribution < 1.29 is 14.7 Å². The molecular formula is C11H6BrN4O3-. The summed E-state index contributed by atoms with van der Waals surface area (Å²) in [6, 6.07) is 3.23. The summed E-state index contributed by atoms with van der Waals surface area (Å²) in [5.74, 6) is -2.02. The zero-order chi connectivity index (χ0) is 13.8. The fourth-order valence-electron chi connectivity index (χ4n) is 1.28. The van der Waals surface area contributed by atoms with E-state index in [1.54, 1.807) is 12.1 Å². The highest BCUT2D eigenvalue weighted by Gasteiger charge is 2.15. The minimum atomic E-state index is -1.57. The summed E-state index contributed by atoms with van der Waals surface area (Å²) in [7, 11) is 0. The molecule has 0 atom stereocenters. The molecule has 7 nitrogen and oxygen atoms in total. The minimum Gasteiger partial charge on any atom is -0.543 e. The molecule has 0 spiro atoms. The summed E-state index contributed by atoms with van der Waals surface area (Å²) in [6.07, 6.45) is 3.88. The van der Waals surface area contributed by atoms with Gasteiger partial charge in [-0.1, -0.05) is 0 Å². The Kier molecular flexibility index (Phi) is 3.81. The third kappa shape index (κ3) is 3.10. The lowest BCUT2D eigenvalue weighted by Crippen LogP contribution is -2.28. The topological polar surface area (TPSA) is 108 Å². The molecule has 0 aliphatic carbocycles. The van der Waals surface area contributed by atoms with E-state index < -0.39 is 17.6 Å². The van der Waals surface area contributed by atoms with Crippen LogP contribution in [0.1, 0.15) is 21.0 Å². The van der Waals surface area contributed by atoms with Crippen molar-refractivity contribution >= 4 is 33.6 Å². The van der Waals surface area contributed by atoms with Gasteiger partial charge in [0.25, 0.3) is 5.91 Å². The molecule has 2 heterocycles. The number of halogens is 1. The SMILES string of the molecule is O=C([O-])c1nccnc1C(=O)Nc1ccc(Br)cn1. The van der Waals surface area contributed by atoms with Crippen molar-refractivity contribution in [2.24, 2.45) is 0 Å². The van der Waals surface area contributed by atoms with Crippen LogP contribution >= 0.6 is 15.9 Å². The third-order valence-electron chi connectivity index (χ3n) is 2.08. The molecule has 0 saturated heterocycles. The van der Waals surface area contributed by atoms with Gasteiger partial charge in [0, 0.05) is 23.1 Å². The second-order valence-corrected chi connectivity index (χ2v) is 4.27. The fraction of sp³-hybridized carbons (Fsp3) is 0. The molecule has 19 heavy (non-hydrogen) atoms. The van der Waals surface area contributed by atoms with Crippen LogP contribution < -0.4 is 10.4 Å². The van der Waals surface area contributed by atoms with E-state index in [0.29, 0.717) is 0 Å². The second-order valence-electron chi connectivity index (χ2n) is 3.36. The first-order valence-corrected chi connectivity index (χ1v) is 5.82. The predicted molar refractivity (Wildman–Crippen MR) is 66.3 cm³/mol. The van der Waals surface area contributed by atoms with Crippen molar-refractivity contribution in [3.05, 3.63) is 46.6 Å². The van der Waals surface area contributed by atoms with Gasteiger partial charge >= 0.3 is 0 Å². The van der Waals surface area contributed by atoms with Gasteiger partial charge in [0.05, 0.1) is 5.97 Å². The van der Waals surface area contributed by atoms with E-state index >= 15 is 0 Å². The van der Waals surface area contributed by atoms with Crippen LogP contribution in [0.3, 0.4) is 0 Å². The molecule has 1 amide bonds. The monoisotopic (exact) mass is 321 g/mol. The predicted octanol–water partition coefficient (Wildman–Crippen LogP) is 0.250. The standard InChI is InChI=1S/C11H7BrN4O3/c12-6-1-2-7(15-5-6)16-10(17)8-9(11(18)19)14-4-3-13-8/h1-5H,(H,18,19)(H,15,16,17)/p-1. The first-order chi connectivity index (χ1) is 9.08. The molecule has 0 bridgehead atoms. The van der Waals surface area contributed by atoms with Gasteiger partial charge in [-0.15, -0.1) is 0 Å². The molecular weight excluding hydrogens is 316 g/mol. The first-order valence-electron chi connectivity index (χ1n) is 5.03. The second kappa shape index (κ2) is 5.53. The van der Waals surface area contributed by atoms with E-state index in [1.807, 2.05) is 0 Å². The van der Waals surface area contributed by atoms with E-state index in [0.717, 1.165) is 4.47 Å². The van der Waals surface area contributed by atoms with Gasteiger partial charge in [0.1, 0.15) is 11.5 Å². The summed E-state index contributed by atoms with van der Waals surface area (Å²) in [6.45, 7) is 0. The zero-order valence-electron chi connectivity index (χ0n) is 9.33. The van der Waals surface area contributed by atoms with Gasteiger partial charge in [-0.25, -0.2) is 9.97 Å². The molecule has 2 aromatic rings.